The molecule has 1 aromatic rings. The van der Waals surface area contributed by atoms with Gasteiger partial charge in [0.15, 0.2) is 0 Å². The Morgan fingerprint density at radius 3 is 2.70 bits per heavy atom. The van der Waals surface area contributed by atoms with Crippen LogP contribution in [0.4, 0.5) is 11.4 Å². The Morgan fingerprint density at radius 1 is 1.35 bits per heavy atom. The molecule has 1 fully saturated rings. The summed E-state index contributed by atoms with van der Waals surface area (Å²) in [6.45, 7) is 6.28. The van der Waals surface area contributed by atoms with E-state index in [1.807, 2.05) is 6.07 Å². The van der Waals surface area contributed by atoms with Crippen LogP contribution in [-0.4, -0.2) is 11.0 Å². The van der Waals surface area contributed by atoms with E-state index in [9.17, 15) is 10.1 Å². The molecule has 1 aliphatic rings. The number of nitrogens with one attached hydrogen (secondary N) is 1. The minimum absolute atomic E-state index is 0.173. The molecule has 0 spiro atoms. The SMILES string of the molecule is Cc1cc(Br)c(NC2CC(C)CCC2C)cc1[N+](=O)[O-]. The van der Waals surface area contributed by atoms with Crippen LogP contribution in [0.1, 0.15) is 38.7 Å². The number of rotatable bonds is 3. The highest BCUT2D eigenvalue weighted by atomic mass is 79.9. The van der Waals surface area contributed by atoms with E-state index in [1.165, 1.54) is 12.8 Å². The summed E-state index contributed by atoms with van der Waals surface area (Å²) in [7, 11) is 0. The van der Waals surface area contributed by atoms with Crippen molar-refractivity contribution in [1.29, 1.82) is 0 Å². The van der Waals surface area contributed by atoms with E-state index in [1.54, 1.807) is 13.0 Å². The molecule has 1 aliphatic carbocycles. The molecule has 5 heteroatoms. The first-order chi connectivity index (χ1) is 9.38. The van der Waals surface area contributed by atoms with Gasteiger partial charge >= 0.3 is 0 Å². The van der Waals surface area contributed by atoms with Gasteiger partial charge in [0.05, 0.1) is 10.6 Å². The van der Waals surface area contributed by atoms with Gasteiger partial charge in [-0.15, -0.1) is 0 Å². The zero-order chi connectivity index (χ0) is 14.9. The normalized spacial score (nSPS) is 26.3. The number of benzene rings is 1. The van der Waals surface area contributed by atoms with Crippen LogP contribution in [0.25, 0.3) is 0 Å². The lowest BCUT2D eigenvalue weighted by Crippen LogP contribution is -2.33. The van der Waals surface area contributed by atoms with E-state index in [0.717, 1.165) is 16.6 Å². The molecule has 0 radical (unpaired) electrons. The number of halogens is 1. The van der Waals surface area contributed by atoms with Crippen molar-refractivity contribution in [3.63, 3.8) is 0 Å². The lowest BCUT2D eigenvalue weighted by Gasteiger charge is -2.34. The van der Waals surface area contributed by atoms with Crippen LogP contribution in [0.15, 0.2) is 16.6 Å². The smallest absolute Gasteiger partial charge is 0.274 e. The number of nitro benzene ring substituents is 1. The van der Waals surface area contributed by atoms with Crippen LogP contribution in [0.5, 0.6) is 0 Å². The van der Waals surface area contributed by atoms with Crippen molar-refractivity contribution in [2.75, 3.05) is 5.32 Å². The third-order valence-electron chi connectivity index (χ3n) is 4.28. The molecule has 0 heterocycles. The van der Waals surface area contributed by atoms with E-state index in [4.69, 9.17) is 0 Å². The van der Waals surface area contributed by atoms with Gasteiger partial charge in [0.2, 0.25) is 0 Å². The van der Waals surface area contributed by atoms with Crippen LogP contribution in [0.3, 0.4) is 0 Å². The van der Waals surface area contributed by atoms with Crippen molar-refractivity contribution in [2.24, 2.45) is 11.8 Å². The Morgan fingerprint density at radius 2 is 2.05 bits per heavy atom. The van der Waals surface area contributed by atoms with Crippen molar-refractivity contribution >= 4 is 27.3 Å². The summed E-state index contributed by atoms with van der Waals surface area (Å²) in [6, 6.07) is 3.85. The standard InChI is InChI=1S/C15H21BrN2O2/c1-9-4-5-10(2)13(6-9)17-14-8-15(18(19)20)11(3)7-12(14)16/h7-10,13,17H,4-6H2,1-3H3. The summed E-state index contributed by atoms with van der Waals surface area (Å²) >= 11 is 3.51. The van der Waals surface area contributed by atoms with Gasteiger partial charge in [0.25, 0.3) is 5.69 Å². The highest BCUT2D eigenvalue weighted by molar-refractivity contribution is 9.10. The second-order valence-corrected chi connectivity index (χ2v) is 6.88. The van der Waals surface area contributed by atoms with E-state index in [-0.39, 0.29) is 10.6 Å². The predicted octanol–water partition coefficient (Wildman–Crippen LogP) is 4.90. The van der Waals surface area contributed by atoms with E-state index >= 15 is 0 Å². The summed E-state index contributed by atoms with van der Waals surface area (Å²) in [5.74, 6) is 1.31. The molecule has 3 atom stereocenters. The minimum Gasteiger partial charge on any atom is -0.381 e. The van der Waals surface area contributed by atoms with Gasteiger partial charge in [-0.05, 0) is 53.6 Å². The average molecular weight is 341 g/mol. The predicted molar refractivity (Wildman–Crippen MR) is 85.1 cm³/mol. The quantitative estimate of drug-likeness (QED) is 0.628. The summed E-state index contributed by atoms with van der Waals surface area (Å²) in [5, 5.41) is 14.6. The number of anilines is 1. The first kappa shape index (κ1) is 15.3. The van der Waals surface area contributed by atoms with Crippen molar-refractivity contribution in [2.45, 2.75) is 46.1 Å². The maximum Gasteiger partial charge on any atom is 0.274 e. The molecule has 0 amide bonds. The van der Waals surface area contributed by atoms with Crippen molar-refractivity contribution < 1.29 is 4.92 Å². The molecule has 0 aromatic heterocycles. The van der Waals surface area contributed by atoms with Crippen LogP contribution >= 0.6 is 15.9 Å². The third-order valence-corrected chi connectivity index (χ3v) is 4.94. The second kappa shape index (κ2) is 6.12. The van der Waals surface area contributed by atoms with Gasteiger partial charge in [-0.1, -0.05) is 20.3 Å². The fourth-order valence-corrected chi connectivity index (χ4v) is 3.47. The Hall–Kier alpha value is -1.10. The fraction of sp³-hybridized carbons (Fsp3) is 0.600. The first-order valence-electron chi connectivity index (χ1n) is 7.09. The Bertz CT molecular complexity index is 519. The summed E-state index contributed by atoms with van der Waals surface area (Å²) < 4.78 is 0.894. The molecular formula is C15H21BrN2O2. The number of nitro groups is 1. The van der Waals surface area contributed by atoms with Crippen molar-refractivity contribution in [1.82, 2.24) is 0 Å². The van der Waals surface area contributed by atoms with Crippen LogP contribution < -0.4 is 5.32 Å². The minimum atomic E-state index is -0.320. The molecule has 3 unspecified atom stereocenters. The van der Waals surface area contributed by atoms with Gasteiger partial charge in [-0.25, -0.2) is 0 Å². The Kier molecular flexibility index (Phi) is 4.68. The van der Waals surface area contributed by atoms with Gasteiger partial charge in [-0.2, -0.15) is 0 Å². The highest BCUT2D eigenvalue weighted by Crippen LogP contribution is 2.35. The highest BCUT2D eigenvalue weighted by Gasteiger charge is 2.26. The molecule has 1 aromatic carbocycles. The third kappa shape index (κ3) is 3.32. The largest absolute Gasteiger partial charge is 0.381 e. The Balaban J connectivity index is 2.24. The second-order valence-electron chi connectivity index (χ2n) is 6.02. The summed E-state index contributed by atoms with van der Waals surface area (Å²) in [4.78, 5) is 10.7. The summed E-state index contributed by atoms with van der Waals surface area (Å²) in [6.07, 6.45) is 3.61. The zero-order valence-corrected chi connectivity index (χ0v) is 13.7. The number of hydrogen-bond acceptors (Lipinski definition) is 3. The van der Waals surface area contributed by atoms with E-state index in [0.29, 0.717) is 23.4 Å². The molecule has 1 N–H and O–H groups in total. The van der Waals surface area contributed by atoms with Crippen LogP contribution in [0, 0.1) is 28.9 Å². The first-order valence-corrected chi connectivity index (χ1v) is 7.89. The van der Waals surface area contributed by atoms with Gasteiger partial charge < -0.3 is 5.32 Å². The number of hydrogen-bond donors (Lipinski definition) is 1. The Labute approximate surface area is 128 Å². The lowest BCUT2D eigenvalue weighted by atomic mass is 9.80. The van der Waals surface area contributed by atoms with Gasteiger partial charge in [-0.3, -0.25) is 10.1 Å². The molecule has 110 valence electrons. The molecule has 0 aliphatic heterocycles. The van der Waals surface area contributed by atoms with Crippen molar-refractivity contribution in [3.05, 3.63) is 32.3 Å². The average Bonchev–Trinajstić information content (AvgIpc) is 2.36. The lowest BCUT2D eigenvalue weighted by molar-refractivity contribution is -0.385. The number of aryl methyl sites for hydroxylation is 1. The zero-order valence-electron chi connectivity index (χ0n) is 12.1. The topological polar surface area (TPSA) is 55.2 Å². The van der Waals surface area contributed by atoms with Crippen LogP contribution in [0.2, 0.25) is 0 Å². The maximum absolute atomic E-state index is 11.1. The molecule has 2 rings (SSSR count). The molecular weight excluding hydrogens is 320 g/mol. The molecule has 0 saturated heterocycles. The van der Waals surface area contributed by atoms with Crippen LogP contribution in [-0.2, 0) is 0 Å². The fourth-order valence-electron chi connectivity index (χ4n) is 2.90. The summed E-state index contributed by atoms with van der Waals surface area (Å²) in [5.41, 5.74) is 1.68. The monoisotopic (exact) mass is 340 g/mol. The van der Waals surface area contributed by atoms with Gasteiger partial charge in [0.1, 0.15) is 0 Å². The van der Waals surface area contributed by atoms with E-state index < -0.39 is 0 Å². The molecule has 1 saturated carbocycles. The molecule has 20 heavy (non-hydrogen) atoms. The molecule has 0 bridgehead atoms. The van der Waals surface area contributed by atoms with Gasteiger partial charge in [0, 0.05) is 22.1 Å². The molecule has 4 nitrogen and oxygen atoms in total. The number of nitrogens with zero attached hydrogens (tertiary/aromatic N) is 1. The van der Waals surface area contributed by atoms with E-state index in [2.05, 4.69) is 35.1 Å². The maximum atomic E-state index is 11.1. The van der Waals surface area contributed by atoms with Crippen molar-refractivity contribution in [3.8, 4) is 0 Å².